The first-order valence-electron chi connectivity index (χ1n) is 8.56. The minimum absolute atomic E-state index is 0.315. The molecule has 30 heavy (non-hydrogen) atoms. The standard InChI is InChI=1S/C20H21N3O7/c1-27-15-9-12(10-16(28-2)17(15)29-3)11-21-23-19(25)18(24)22-14-7-5-13(6-8-14)20(26)30-4/h5-11H,1-4H3,(H,22,24)(H,23,25)/b21-11-. The second-order valence-electron chi connectivity index (χ2n) is 5.68. The van der Waals surface area contributed by atoms with Crippen molar-refractivity contribution in [3.8, 4) is 17.2 Å². The number of rotatable bonds is 7. The zero-order valence-corrected chi connectivity index (χ0v) is 16.8. The largest absolute Gasteiger partial charge is 0.493 e. The summed E-state index contributed by atoms with van der Waals surface area (Å²) in [7, 11) is 5.70. The molecule has 2 rings (SSSR count). The van der Waals surface area contributed by atoms with Crippen molar-refractivity contribution in [2.75, 3.05) is 33.8 Å². The van der Waals surface area contributed by atoms with E-state index in [9.17, 15) is 14.4 Å². The van der Waals surface area contributed by atoms with E-state index in [1.54, 1.807) is 12.1 Å². The van der Waals surface area contributed by atoms with Crippen molar-refractivity contribution in [3.05, 3.63) is 47.5 Å². The SMILES string of the molecule is COC(=O)c1ccc(NC(=O)C(=O)N/N=C\c2cc(OC)c(OC)c(OC)c2)cc1. The molecule has 2 aromatic rings. The molecule has 0 radical (unpaired) electrons. The Labute approximate surface area is 172 Å². The van der Waals surface area contributed by atoms with Crippen molar-refractivity contribution in [1.82, 2.24) is 5.43 Å². The highest BCUT2D eigenvalue weighted by Crippen LogP contribution is 2.37. The Bertz CT molecular complexity index is 930. The average Bonchev–Trinajstić information content (AvgIpc) is 2.77. The molecule has 0 unspecified atom stereocenters. The van der Waals surface area contributed by atoms with Gasteiger partial charge in [-0.2, -0.15) is 5.10 Å². The van der Waals surface area contributed by atoms with Gasteiger partial charge in [0.05, 0.1) is 40.2 Å². The van der Waals surface area contributed by atoms with Crippen molar-refractivity contribution in [1.29, 1.82) is 0 Å². The Morgan fingerprint density at radius 3 is 1.97 bits per heavy atom. The fraction of sp³-hybridized carbons (Fsp3) is 0.200. The van der Waals surface area contributed by atoms with Gasteiger partial charge in [-0.3, -0.25) is 9.59 Å². The number of hydrogen-bond acceptors (Lipinski definition) is 8. The number of benzene rings is 2. The molecular weight excluding hydrogens is 394 g/mol. The number of methoxy groups -OCH3 is 4. The predicted molar refractivity (Wildman–Crippen MR) is 108 cm³/mol. The molecule has 2 amide bonds. The van der Waals surface area contributed by atoms with E-state index in [0.717, 1.165) is 0 Å². The minimum atomic E-state index is -0.976. The fourth-order valence-electron chi connectivity index (χ4n) is 2.39. The molecule has 0 heterocycles. The van der Waals surface area contributed by atoms with Crippen LogP contribution >= 0.6 is 0 Å². The van der Waals surface area contributed by atoms with Crippen LogP contribution in [0.1, 0.15) is 15.9 Å². The van der Waals surface area contributed by atoms with Crippen molar-refractivity contribution in [3.63, 3.8) is 0 Å². The van der Waals surface area contributed by atoms with Crippen LogP contribution in [0, 0.1) is 0 Å². The zero-order valence-electron chi connectivity index (χ0n) is 16.8. The molecule has 0 aromatic heterocycles. The number of carbonyl (C=O) groups is 3. The number of ether oxygens (including phenoxy) is 4. The molecule has 0 aliphatic heterocycles. The van der Waals surface area contributed by atoms with Crippen LogP contribution in [0.15, 0.2) is 41.5 Å². The number of nitrogens with one attached hydrogen (secondary N) is 2. The highest BCUT2D eigenvalue weighted by Gasteiger charge is 2.15. The van der Waals surface area contributed by atoms with Crippen LogP contribution in [-0.2, 0) is 14.3 Å². The Balaban J connectivity index is 2.00. The third-order valence-corrected chi connectivity index (χ3v) is 3.84. The summed E-state index contributed by atoms with van der Waals surface area (Å²) in [4.78, 5) is 35.3. The maximum Gasteiger partial charge on any atom is 0.337 e. The van der Waals surface area contributed by atoms with E-state index in [1.807, 2.05) is 0 Å². The summed E-state index contributed by atoms with van der Waals surface area (Å²) in [6.07, 6.45) is 1.32. The first kappa shape index (κ1) is 22.2. The van der Waals surface area contributed by atoms with Gasteiger partial charge in [-0.25, -0.2) is 10.2 Å². The van der Waals surface area contributed by atoms with Crippen molar-refractivity contribution in [2.45, 2.75) is 0 Å². The van der Waals surface area contributed by atoms with Gasteiger partial charge in [0.2, 0.25) is 5.75 Å². The van der Waals surface area contributed by atoms with Crippen molar-refractivity contribution in [2.24, 2.45) is 5.10 Å². The van der Waals surface area contributed by atoms with E-state index in [0.29, 0.717) is 34.1 Å². The molecule has 0 aliphatic carbocycles. The maximum atomic E-state index is 12.0. The first-order valence-corrected chi connectivity index (χ1v) is 8.56. The quantitative estimate of drug-likeness (QED) is 0.304. The molecular formula is C20H21N3O7. The molecule has 2 aromatic carbocycles. The molecule has 10 heteroatoms. The molecule has 0 saturated carbocycles. The van der Waals surface area contributed by atoms with E-state index in [-0.39, 0.29) is 0 Å². The van der Waals surface area contributed by atoms with E-state index in [1.165, 1.54) is 58.9 Å². The fourth-order valence-corrected chi connectivity index (χ4v) is 2.39. The first-order chi connectivity index (χ1) is 14.4. The second kappa shape index (κ2) is 10.5. The summed E-state index contributed by atoms with van der Waals surface area (Å²) >= 11 is 0. The summed E-state index contributed by atoms with van der Waals surface area (Å²) in [5.74, 6) is -1.17. The van der Waals surface area contributed by atoms with E-state index in [4.69, 9.17) is 14.2 Å². The average molecular weight is 415 g/mol. The van der Waals surface area contributed by atoms with E-state index >= 15 is 0 Å². The van der Waals surface area contributed by atoms with Gasteiger partial charge in [0.25, 0.3) is 0 Å². The normalized spacial score (nSPS) is 10.3. The number of esters is 1. The lowest BCUT2D eigenvalue weighted by atomic mass is 10.2. The number of amides is 2. The van der Waals surface area contributed by atoms with Gasteiger partial charge in [0.15, 0.2) is 11.5 Å². The summed E-state index contributed by atoms with van der Waals surface area (Å²) in [6, 6.07) is 9.11. The maximum absolute atomic E-state index is 12.0. The summed E-state index contributed by atoms with van der Waals surface area (Å²) in [5, 5.41) is 6.15. The van der Waals surface area contributed by atoms with Gasteiger partial charge in [0.1, 0.15) is 0 Å². The molecule has 0 spiro atoms. The van der Waals surface area contributed by atoms with Crippen LogP contribution in [0.2, 0.25) is 0 Å². The van der Waals surface area contributed by atoms with E-state index < -0.39 is 17.8 Å². The molecule has 0 aliphatic rings. The number of nitrogens with zero attached hydrogens (tertiary/aromatic N) is 1. The van der Waals surface area contributed by atoms with Gasteiger partial charge in [-0.15, -0.1) is 0 Å². The molecule has 0 bridgehead atoms. The Kier molecular flexibility index (Phi) is 7.74. The molecule has 2 N–H and O–H groups in total. The molecule has 0 saturated heterocycles. The lowest BCUT2D eigenvalue weighted by Crippen LogP contribution is -2.32. The number of anilines is 1. The molecule has 0 atom stereocenters. The molecule has 158 valence electrons. The summed E-state index contributed by atoms with van der Waals surface area (Å²) in [5.41, 5.74) is 3.31. The van der Waals surface area contributed by atoms with Gasteiger partial charge in [-0.05, 0) is 36.4 Å². The third kappa shape index (κ3) is 5.47. The Morgan fingerprint density at radius 2 is 1.47 bits per heavy atom. The molecule has 10 nitrogen and oxygen atoms in total. The number of hydrazone groups is 1. The Morgan fingerprint density at radius 1 is 0.867 bits per heavy atom. The monoisotopic (exact) mass is 415 g/mol. The van der Waals surface area contributed by atoms with Gasteiger partial charge in [-0.1, -0.05) is 0 Å². The topological polar surface area (TPSA) is 125 Å². The predicted octanol–water partition coefficient (Wildman–Crippen LogP) is 1.59. The lowest BCUT2D eigenvalue weighted by molar-refractivity contribution is -0.136. The van der Waals surface area contributed by atoms with Crippen LogP contribution in [0.3, 0.4) is 0 Å². The number of hydrogen-bond donors (Lipinski definition) is 2. The van der Waals surface area contributed by atoms with Crippen LogP contribution in [0.5, 0.6) is 17.2 Å². The van der Waals surface area contributed by atoms with Gasteiger partial charge in [0, 0.05) is 11.3 Å². The Hall–Kier alpha value is -4.08. The van der Waals surface area contributed by atoms with Crippen LogP contribution in [0.25, 0.3) is 0 Å². The smallest absolute Gasteiger partial charge is 0.337 e. The highest BCUT2D eigenvalue weighted by atomic mass is 16.5. The van der Waals surface area contributed by atoms with Crippen LogP contribution in [0.4, 0.5) is 5.69 Å². The van der Waals surface area contributed by atoms with Crippen LogP contribution < -0.4 is 25.0 Å². The van der Waals surface area contributed by atoms with Crippen molar-refractivity contribution < 1.29 is 33.3 Å². The zero-order chi connectivity index (χ0) is 22.1. The lowest BCUT2D eigenvalue weighted by Gasteiger charge is -2.12. The highest BCUT2D eigenvalue weighted by molar-refractivity contribution is 6.39. The third-order valence-electron chi connectivity index (χ3n) is 3.84. The van der Waals surface area contributed by atoms with E-state index in [2.05, 4.69) is 20.6 Å². The van der Waals surface area contributed by atoms with Gasteiger partial charge < -0.3 is 24.3 Å². The number of carbonyl (C=O) groups excluding carboxylic acids is 3. The second-order valence-corrected chi connectivity index (χ2v) is 5.68. The molecule has 0 fully saturated rings. The summed E-state index contributed by atoms with van der Waals surface area (Å²) < 4.78 is 20.3. The minimum Gasteiger partial charge on any atom is -0.493 e. The summed E-state index contributed by atoms with van der Waals surface area (Å²) in [6.45, 7) is 0. The van der Waals surface area contributed by atoms with Crippen LogP contribution in [-0.4, -0.2) is 52.4 Å². The van der Waals surface area contributed by atoms with Gasteiger partial charge >= 0.3 is 17.8 Å². The van der Waals surface area contributed by atoms with Crippen molar-refractivity contribution >= 4 is 29.7 Å².